The van der Waals surface area contributed by atoms with Crippen molar-refractivity contribution in [3.63, 3.8) is 0 Å². The zero-order valence-electron chi connectivity index (χ0n) is 9.41. The van der Waals surface area contributed by atoms with Crippen molar-refractivity contribution in [1.29, 1.82) is 0 Å². The molecule has 0 aromatic heterocycles. The first-order valence-electron chi connectivity index (χ1n) is 4.71. The highest BCUT2D eigenvalue weighted by atomic mass is 32.2. The van der Waals surface area contributed by atoms with Crippen LogP contribution in [0.2, 0.25) is 0 Å². The van der Waals surface area contributed by atoms with Crippen LogP contribution in [0.1, 0.15) is 13.8 Å². The van der Waals surface area contributed by atoms with Crippen LogP contribution < -0.4 is 5.32 Å². The molecule has 4 nitrogen and oxygen atoms in total. The molecular formula is C10H19NO3S. The smallest absolute Gasteiger partial charge is 0.330 e. The Kier molecular flexibility index (Phi) is 6.63. The summed E-state index contributed by atoms with van der Waals surface area (Å²) in [5, 5.41) is 21.3. The highest BCUT2D eigenvalue weighted by Gasteiger charge is 2.18. The molecule has 1 unspecified atom stereocenters. The second-order valence-corrected chi connectivity index (χ2v) is 4.62. The first-order valence-corrected chi connectivity index (χ1v) is 6.10. The molecule has 1 atom stereocenters. The van der Waals surface area contributed by atoms with E-state index in [9.17, 15) is 9.90 Å². The number of carbonyl (C=O) groups is 1. The molecule has 0 aromatic rings. The van der Waals surface area contributed by atoms with E-state index in [0.29, 0.717) is 24.4 Å². The van der Waals surface area contributed by atoms with Gasteiger partial charge in [0.1, 0.15) is 0 Å². The third kappa shape index (κ3) is 7.41. The largest absolute Gasteiger partial charge is 0.478 e. The van der Waals surface area contributed by atoms with E-state index in [-0.39, 0.29) is 0 Å². The van der Waals surface area contributed by atoms with Crippen LogP contribution in [-0.2, 0) is 4.79 Å². The molecule has 0 radical (unpaired) electrons. The molecule has 0 bridgehead atoms. The van der Waals surface area contributed by atoms with Gasteiger partial charge in [-0.2, -0.15) is 11.8 Å². The third-order valence-corrected chi connectivity index (χ3v) is 2.76. The molecule has 88 valence electrons. The Hall–Kier alpha value is -0.520. The van der Waals surface area contributed by atoms with Crippen LogP contribution in [0.4, 0.5) is 0 Å². The zero-order chi connectivity index (χ0) is 11.9. The van der Waals surface area contributed by atoms with Gasteiger partial charge in [-0.05, 0) is 20.1 Å². The maximum absolute atomic E-state index is 10.4. The molecule has 0 aliphatic carbocycles. The summed E-state index contributed by atoms with van der Waals surface area (Å²) in [4.78, 5) is 10.4. The van der Waals surface area contributed by atoms with E-state index in [2.05, 4.69) is 5.32 Å². The van der Waals surface area contributed by atoms with E-state index in [1.54, 1.807) is 31.7 Å². The van der Waals surface area contributed by atoms with Crippen LogP contribution in [0.3, 0.4) is 0 Å². The van der Waals surface area contributed by atoms with Gasteiger partial charge in [0.2, 0.25) is 0 Å². The minimum atomic E-state index is -0.910. The third-order valence-electron chi connectivity index (χ3n) is 1.85. The first-order chi connectivity index (χ1) is 6.89. The Labute approximate surface area is 94.8 Å². The minimum Gasteiger partial charge on any atom is -0.478 e. The van der Waals surface area contributed by atoms with Gasteiger partial charge >= 0.3 is 5.97 Å². The Bertz CT molecular complexity index is 239. The van der Waals surface area contributed by atoms with Crippen molar-refractivity contribution in [2.45, 2.75) is 19.4 Å². The Morgan fingerprint density at radius 2 is 2.20 bits per heavy atom. The topological polar surface area (TPSA) is 69.6 Å². The lowest BCUT2D eigenvalue weighted by Gasteiger charge is -2.22. The summed E-state index contributed by atoms with van der Waals surface area (Å²) < 4.78 is 0. The van der Waals surface area contributed by atoms with Gasteiger partial charge < -0.3 is 15.5 Å². The fourth-order valence-corrected chi connectivity index (χ4v) is 1.74. The maximum atomic E-state index is 10.4. The molecule has 0 saturated carbocycles. The molecule has 3 N–H and O–H groups in total. The molecule has 15 heavy (non-hydrogen) atoms. The average Bonchev–Trinajstić information content (AvgIpc) is 2.11. The molecule has 0 spiro atoms. The lowest BCUT2D eigenvalue weighted by atomic mass is 10.1. The van der Waals surface area contributed by atoms with Gasteiger partial charge in [0.15, 0.2) is 0 Å². The second kappa shape index (κ2) is 6.87. The van der Waals surface area contributed by atoms with Gasteiger partial charge in [-0.1, -0.05) is 6.08 Å². The molecule has 0 aliphatic heterocycles. The predicted molar refractivity (Wildman–Crippen MR) is 63.3 cm³/mol. The summed E-state index contributed by atoms with van der Waals surface area (Å²) in [5.41, 5.74) is -0.434. The number of thioether (sulfide) groups is 1. The SMILES string of the molecule is CSCC(C)(O)CNC/C=C(/C)C(=O)O. The van der Waals surface area contributed by atoms with E-state index in [4.69, 9.17) is 5.11 Å². The molecule has 5 heteroatoms. The number of hydrogen-bond acceptors (Lipinski definition) is 4. The van der Waals surface area contributed by atoms with Crippen molar-refractivity contribution >= 4 is 17.7 Å². The van der Waals surface area contributed by atoms with E-state index >= 15 is 0 Å². The minimum absolute atomic E-state index is 0.312. The number of nitrogens with one attached hydrogen (secondary N) is 1. The number of carboxylic acid groups (broad SMARTS) is 1. The average molecular weight is 233 g/mol. The number of rotatable bonds is 7. The number of aliphatic hydroxyl groups is 1. The van der Waals surface area contributed by atoms with E-state index in [1.165, 1.54) is 0 Å². The molecule has 0 heterocycles. The van der Waals surface area contributed by atoms with Gasteiger partial charge in [0.25, 0.3) is 0 Å². The van der Waals surface area contributed by atoms with Crippen LogP contribution in [0.15, 0.2) is 11.6 Å². The van der Waals surface area contributed by atoms with E-state index in [0.717, 1.165) is 0 Å². The predicted octanol–water partition coefficient (Wildman–Crippen LogP) is 0.721. The van der Waals surface area contributed by atoms with Crippen molar-refractivity contribution in [1.82, 2.24) is 5.32 Å². The maximum Gasteiger partial charge on any atom is 0.330 e. The van der Waals surface area contributed by atoms with Crippen LogP contribution in [0.25, 0.3) is 0 Å². The second-order valence-electron chi connectivity index (χ2n) is 3.75. The molecular weight excluding hydrogens is 214 g/mol. The zero-order valence-corrected chi connectivity index (χ0v) is 10.2. The molecule has 0 saturated heterocycles. The summed E-state index contributed by atoms with van der Waals surface area (Å²) in [6, 6.07) is 0. The number of aliphatic carboxylic acids is 1. The van der Waals surface area contributed by atoms with Gasteiger partial charge in [-0.15, -0.1) is 0 Å². The lowest BCUT2D eigenvalue weighted by Crippen LogP contribution is -2.40. The van der Waals surface area contributed by atoms with Gasteiger partial charge in [-0.25, -0.2) is 4.79 Å². The van der Waals surface area contributed by atoms with E-state index in [1.807, 2.05) is 6.26 Å². The van der Waals surface area contributed by atoms with Gasteiger partial charge in [-0.3, -0.25) is 0 Å². The van der Waals surface area contributed by atoms with Crippen LogP contribution in [-0.4, -0.2) is 46.9 Å². The fourth-order valence-electron chi connectivity index (χ4n) is 1.02. The number of hydrogen-bond donors (Lipinski definition) is 3. The summed E-state index contributed by atoms with van der Waals surface area (Å²) in [6.07, 6.45) is 3.53. The molecule has 0 aliphatic rings. The Morgan fingerprint density at radius 3 is 2.67 bits per heavy atom. The first kappa shape index (κ1) is 14.5. The van der Waals surface area contributed by atoms with Gasteiger partial charge in [0.05, 0.1) is 5.60 Å². The molecule has 0 amide bonds. The van der Waals surface area contributed by atoms with Crippen molar-refractivity contribution in [3.05, 3.63) is 11.6 Å². The Balaban J connectivity index is 3.80. The highest BCUT2D eigenvalue weighted by molar-refractivity contribution is 7.98. The van der Waals surface area contributed by atoms with Crippen molar-refractivity contribution < 1.29 is 15.0 Å². The standard InChI is InChI=1S/C10H19NO3S/c1-8(9(12)13)4-5-11-6-10(2,14)7-15-3/h4,11,14H,5-7H2,1-3H3,(H,12,13)/b8-4-. The molecule has 0 rings (SSSR count). The monoisotopic (exact) mass is 233 g/mol. The summed E-state index contributed by atoms with van der Waals surface area (Å²) in [7, 11) is 0. The summed E-state index contributed by atoms with van der Waals surface area (Å²) in [6.45, 7) is 4.22. The lowest BCUT2D eigenvalue weighted by molar-refractivity contribution is -0.132. The number of carboxylic acids is 1. The molecule has 0 aromatic carbocycles. The summed E-state index contributed by atoms with van der Waals surface area (Å²) in [5.74, 6) is -0.255. The fraction of sp³-hybridized carbons (Fsp3) is 0.700. The van der Waals surface area contributed by atoms with Crippen LogP contribution in [0.5, 0.6) is 0 Å². The van der Waals surface area contributed by atoms with Crippen molar-refractivity contribution in [3.8, 4) is 0 Å². The van der Waals surface area contributed by atoms with Crippen molar-refractivity contribution in [2.24, 2.45) is 0 Å². The van der Waals surface area contributed by atoms with Crippen LogP contribution >= 0.6 is 11.8 Å². The molecule has 0 fully saturated rings. The van der Waals surface area contributed by atoms with Crippen LogP contribution in [0, 0.1) is 0 Å². The van der Waals surface area contributed by atoms with Crippen molar-refractivity contribution in [2.75, 3.05) is 25.1 Å². The normalized spacial score (nSPS) is 16.1. The van der Waals surface area contributed by atoms with Gasteiger partial charge in [0, 0.05) is 24.4 Å². The highest BCUT2D eigenvalue weighted by Crippen LogP contribution is 2.08. The van der Waals surface area contributed by atoms with E-state index < -0.39 is 11.6 Å². The summed E-state index contributed by atoms with van der Waals surface area (Å²) >= 11 is 1.58. The Morgan fingerprint density at radius 1 is 1.60 bits per heavy atom. The quantitative estimate of drug-likeness (QED) is 0.446.